The van der Waals surface area contributed by atoms with Crippen LogP contribution in [0.1, 0.15) is 23.6 Å². The molecule has 0 radical (unpaired) electrons. The molecule has 1 unspecified atom stereocenters. The van der Waals surface area contributed by atoms with Crippen LogP contribution in [0.25, 0.3) is 0 Å². The van der Waals surface area contributed by atoms with Gasteiger partial charge in [0.1, 0.15) is 0 Å². The molecular formula is C14H14N2O2. The third-order valence-electron chi connectivity index (χ3n) is 3.66. The van der Waals surface area contributed by atoms with Crippen molar-refractivity contribution >= 4 is 5.91 Å². The fraction of sp³-hybridized carbons (Fsp3) is 0.429. The van der Waals surface area contributed by atoms with E-state index in [1.165, 1.54) is 5.56 Å². The Labute approximate surface area is 106 Å². The Bertz CT molecular complexity index is 555. The molecule has 0 bridgehead atoms. The summed E-state index contributed by atoms with van der Waals surface area (Å²) in [6.45, 7) is 3.70. The highest BCUT2D eigenvalue weighted by Gasteiger charge is 2.49. The van der Waals surface area contributed by atoms with Crippen LogP contribution in [-0.4, -0.2) is 29.6 Å². The summed E-state index contributed by atoms with van der Waals surface area (Å²) in [7, 11) is 0. The zero-order valence-corrected chi connectivity index (χ0v) is 10.3. The quantitative estimate of drug-likeness (QED) is 0.696. The van der Waals surface area contributed by atoms with E-state index in [0.29, 0.717) is 25.3 Å². The fourth-order valence-electron chi connectivity index (χ4n) is 2.36. The highest BCUT2D eigenvalue weighted by atomic mass is 16.6. The molecule has 1 aromatic rings. The number of carbonyl (C=O) groups is 1. The molecule has 2 heterocycles. The van der Waals surface area contributed by atoms with Crippen LogP contribution in [0.3, 0.4) is 0 Å². The van der Waals surface area contributed by atoms with Gasteiger partial charge in [0.05, 0.1) is 18.2 Å². The summed E-state index contributed by atoms with van der Waals surface area (Å²) in [5, 5.41) is 8.86. The van der Waals surface area contributed by atoms with Crippen molar-refractivity contribution in [2.24, 2.45) is 0 Å². The molecule has 1 fully saturated rings. The Morgan fingerprint density at radius 1 is 1.50 bits per heavy atom. The average Bonchev–Trinajstić information content (AvgIpc) is 3.16. The van der Waals surface area contributed by atoms with Gasteiger partial charge in [0.2, 0.25) is 0 Å². The molecule has 2 aliphatic heterocycles. The van der Waals surface area contributed by atoms with Crippen LogP contribution in [-0.2, 0) is 22.5 Å². The number of rotatable bonds is 1. The van der Waals surface area contributed by atoms with E-state index in [1.807, 2.05) is 30.0 Å². The molecule has 1 atom stereocenters. The number of nitriles is 1. The lowest BCUT2D eigenvalue weighted by atomic mass is 9.96. The molecule has 2 aliphatic rings. The number of benzene rings is 1. The van der Waals surface area contributed by atoms with Crippen molar-refractivity contribution in [1.29, 1.82) is 5.26 Å². The van der Waals surface area contributed by atoms with Gasteiger partial charge in [-0.05, 0) is 36.6 Å². The highest BCUT2D eigenvalue weighted by molar-refractivity contribution is 5.87. The maximum absolute atomic E-state index is 12.2. The smallest absolute Gasteiger partial charge is 0.257 e. The van der Waals surface area contributed by atoms with E-state index in [1.54, 1.807) is 0 Å². The maximum Gasteiger partial charge on any atom is 0.257 e. The number of amides is 1. The summed E-state index contributed by atoms with van der Waals surface area (Å²) < 4.78 is 5.20. The van der Waals surface area contributed by atoms with E-state index in [4.69, 9.17) is 10.00 Å². The van der Waals surface area contributed by atoms with Crippen molar-refractivity contribution < 1.29 is 9.53 Å². The van der Waals surface area contributed by atoms with Crippen LogP contribution in [0.15, 0.2) is 18.2 Å². The number of ether oxygens (including phenoxy) is 1. The topological polar surface area (TPSA) is 56.6 Å². The van der Waals surface area contributed by atoms with Crippen LogP contribution in [0.2, 0.25) is 0 Å². The van der Waals surface area contributed by atoms with Crippen molar-refractivity contribution in [2.45, 2.75) is 25.5 Å². The third kappa shape index (κ3) is 1.77. The van der Waals surface area contributed by atoms with Gasteiger partial charge in [-0.2, -0.15) is 5.26 Å². The minimum Gasteiger partial charge on any atom is -0.359 e. The second-order valence-electron chi connectivity index (χ2n) is 5.09. The maximum atomic E-state index is 12.2. The Kier molecular flexibility index (Phi) is 2.39. The minimum absolute atomic E-state index is 0.0810. The van der Waals surface area contributed by atoms with Crippen LogP contribution in [0.5, 0.6) is 0 Å². The first-order chi connectivity index (χ1) is 8.62. The molecule has 0 aliphatic carbocycles. The molecule has 0 aromatic heterocycles. The number of nitrogens with zero attached hydrogens (tertiary/aromatic N) is 2. The third-order valence-corrected chi connectivity index (χ3v) is 3.66. The number of fused-ring (bicyclic) bond motifs is 1. The molecule has 4 heteroatoms. The van der Waals surface area contributed by atoms with Crippen LogP contribution >= 0.6 is 0 Å². The van der Waals surface area contributed by atoms with Crippen molar-refractivity contribution in [3.63, 3.8) is 0 Å². The predicted molar refractivity (Wildman–Crippen MR) is 64.6 cm³/mol. The van der Waals surface area contributed by atoms with E-state index in [0.717, 1.165) is 12.0 Å². The SMILES string of the molecule is CC1(C(=O)N2CCc3cc(C#N)ccc3C2)CO1. The van der Waals surface area contributed by atoms with Gasteiger partial charge >= 0.3 is 0 Å². The average molecular weight is 242 g/mol. The first kappa shape index (κ1) is 11.2. The molecule has 0 saturated carbocycles. The van der Waals surface area contributed by atoms with E-state index >= 15 is 0 Å². The summed E-state index contributed by atoms with van der Waals surface area (Å²) in [6.07, 6.45) is 0.812. The Morgan fingerprint density at radius 2 is 2.28 bits per heavy atom. The molecule has 1 saturated heterocycles. The first-order valence-corrected chi connectivity index (χ1v) is 6.08. The minimum atomic E-state index is -0.579. The standard InChI is InChI=1S/C14H14N2O2/c1-14(9-18-14)13(17)16-5-4-11-6-10(7-15)2-3-12(11)8-16/h2-3,6H,4-5,8-9H2,1H3. The number of hydrogen-bond donors (Lipinski definition) is 0. The lowest BCUT2D eigenvalue weighted by molar-refractivity contribution is -0.137. The van der Waals surface area contributed by atoms with Gasteiger partial charge in [-0.1, -0.05) is 6.07 Å². The van der Waals surface area contributed by atoms with E-state index < -0.39 is 5.60 Å². The lowest BCUT2D eigenvalue weighted by Crippen LogP contribution is -2.42. The van der Waals surface area contributed by atoms with E-state index in [9.17, 15) is 4.79 Å². The molecule has 1 amide bonds. The fourth-order valence-corrected chi connectivity index (χ4v) is 2.36. The monoisotopic (exact) mass is 242 g/mol. The molecule has 3 rings (SSSR count). The van der Waals surface area contributed by atoms with Gasteiger partial charge in [-0.15, -0.1) is 0 Å². The summed E-state index contributed by atoms with van der Waals surface area (Å²) >= 11 is 0. The summed E-state index contributed by atoms with van der Waals surface area (Å²) in [4.78, 5) is 14.0. The molecule has 92 valence electrons. The predicted octanol–water partition coefficient (Wildman–Crippen LogP) is 1.23. The van der Waals surface area contributed by atoms with Gasteiger partial charge in [0.15, 0.2) is 5.60 Å². The second kappa shape index (κ2) is 3.82. The summed E-state index contributed by atoms with van der Waals surface area (Å²) in [5.41, 5.74) is 2.42. The largest absolute Gasteiger partial charge is 0.359 e. The Morgan fingerprint density at radius 3 is 2.94 bits per heavy atom. The van der Waals surface area contributed by atoms with E-state index in [-0.39, 0.29) is 5.91 Å². The van der Waals surface area contributed by atoms with Crippen molar-refractivity contribution in [3.05, 3.63) is 34.9 Å². The van der Waals surface area contributed by atoms with Gasteiger partial charge in [-0.25, -0.2) is 0 Å². The lowest BCUT2D eigenvalue weighted by Gasteiger charge is -2.30. The molecule has 18 heavy (non-hydrogen) atoms. The van der Waals surface area contributed by atoms with Crippen molar-refractivity contribution in [2.75, 3.05) is 13.2 Å². The van der Waals surface area contributed by atoms with Crippen LogP contribution in [0, 0.1) is 11.3 Å². The number of hydrogen-bond acceptors (Lipinski definition) is 3. The Balaban J connectivity index is 1.81. The molecule has 4 nitrogen and oxygen atoms in total. The van der Waals surface area contributed by atoms with Crippen molar-refractivity contribution in [3.8, 4) is 6.07 Å². The zero-order chi connectivity index (χ0) is 12.8. The highest BCUT2D eigenvalue weighted by Crippen LogP contribution is 2.31. The molecular weight excluding hydrogens is 228 g/mol. The Hall–Kier alpha value is -1.86. The normalized spacial score (nSPS) is 25.2. The second-order valence-corrected chi connectivity index (χ2v) is 5.09. The van der Waals surface area contributed by atoms with Gasteiger partial charge in [0, 0.05) is 13.1 Å². The summed E-state index contributed by atoms with van der Waals surface area (Å²) in [6, 6.07) is 7.82. The van der Waals surface area contributed by atoms with Gasteiger partial charge in [0.25, 0.3) is 5.91 Å². The first-order valence-electron chi connectivity index (χ1n) is 6.08. The van der Waals surface area contributed by atoms with Crippen molar-refractivity contribution in [1.82, 2.24) is 4.90 Å². The molecule has 0 spiro atoms. The van der Waals surface area contributed by atoms with Gasteiger partial charge in [-0.3, -0.25) is 4.79 Å². The van der Waals surface area contributed by atoms with E-state index in [2.05, 4.69) is 6.07 Å². The summed E-state index contributed by atoms with van der Waals surface area (Å²) in [5.74, 6) is 0.0810. The van der Waals surface area contributed by atoms with Crippen LogP contribution in [0.4, 0.5) is 0 Å². The molecule has 0 N–H and O–H groups in total. The van der Waals surface area contributed by atoms with Gasteiger partial charge < -0.3 is 9.64 Å². The van der Waals surface area contributed by atoms with Crippen LogP contribution < -0.4 is 0 Å². The zero-order valence-electron chi connectivity index (χ0n) is 10.3. The number of epoxide rings is 1. The number of carbonyl (C=O) groups excluding carboxylic acids is 1. The molecule has 1 aromatic carbocycles.